The second kappa shape index (κ2) is 7.60. The van der Waals surface area contributed by atoms with Gasteiger partial charge in [-0.15, -0.1) is 0 Å². The minimum absolute atomic E-state index is 0.358. The van der Waals surface area contributed by atoms with Crippen molar-refractivity contribution >= 4 is 0 Å². The first-order valence-corrected chi connectivity index (χ1v) is 5.35. The van der Waals surface area contributed by atoms with Crippen LogP contribution in [0.25, 0.3) is 0 Å². The molecule has 0 aliphatic rings. The molecule has 0 heterocycles. The third-order valence-corrected chi connectivity index (χ3v) is 2.78. The molecule has 1 heteroatoms. The second-order valence-electron chi connectivity index (χ2n) is 3.89. The van der Waals surface area contributed by atoms with Crippen LogP contribution in [0.5, 0.6) is 0 Å². The van der Waals surface area contributed by atoms with E-state index in [0.717, 1.165) is 18.3 Å². The monoisotopic (exact) mass is 172 g/mol. The summed E-state index contributed by atoms with van der Waals surface area (Å²) in [7, 11) is 0. The maximum atomic E-state index is 8.70. The zero-order valence-corrected chi connectivity index (χ0v) is 8.84. The van der Waals surface area contributed by atoms with Crippen molar-refractivity contribution in [2.24, 2.45) is 11.8 Å². The standard InChI is InChI=1S/C11H24O/c1-4-10(3)9-11(5-2)7-6-8-12/h10-12H,4-9H2,1-3H3. The fourth-order valence-electron chi connectivity index (χ4n) is 1.60. The minimum atomic E-state index is 0.358. The molecule has 0 aromatic carbocycles. The second-order valence-corrected chi connectivity index (χ2v) is 3.89. The topological polar surface area (TPSA) is 20.2 Å². The molecule has 12 heavy (non-hydrogen) atoms. The van der Waals surface area contributed by atoms with Gasteiger partial charge in [0.1, 0.15) is 0 Å². The summed E-state index contributed by atoms with van der Waals surface area (Å²) in [4.78, 5) is 0. The molecule has 0 amide bonds. The number of aliphatic hydroxyl groups excluding tert-OH is 1. The van der Waals surface area contributed by atoms with Gasteiger partial charge in [0.15, 0.2) is 0 Å². The molecule has 0 aliphatic heterocycles. The Bertz CT molecular complexity index is 91.0. The van der Waals surface area contributed by atoms with Gasteiger partial charge in [-0.2, -0.15) is 0 Å². The molecule has 1 nitrogen and oxygen atoms in total. The summed E-state index contributed by atoms with van der Waals surface area (Å²) in [6, 6.07) is 0. The zero-order chi connectivity index (χ0) is 9.40. The van der Waals surface area contributed by atoms with Gasteiger partial charge in [-0.3, -0.25) is 0 Å². The Kier molecular flexibility index (Phi) is 7.58. The van der Waals surface area contributed by atoms with E-state index in [-0.39, 0.29) is 0 Å². The third-order valence-electron chi connectivity index (χ3n) is 2.78. The van der Waals surface area contributed by atoms with E-state index in [2.05, 4.69) is 20.8 Å². The Hall–Kier alpha value is -0.0400. The molecule has 0 radical (unpaired) electrons. The fourth-order valence-corrected chi connectivity index (χ4v) is 1.60. The van der Waals surface area contributed by atoms with Gasteiger partial charge in [0.2, 0.25) is 0 Å². The lowest BCUT2D eigenvalue weighted by atomic mass is 9.89. The smallest absolute Gasteiger partial charge is 0.0431 e. The van der Waals surface area contributed by atoms with Crippen molar-refractivity contribution in [2.75, 3.05) is 6.61 Å². The Morgan fingerprint density at radius 3 is 2.25 bits per heavy atom. The van der Waals surface area contributed by atoms with Crippen LogP contribution in [0, 0.1) is 11.8 Å². The van der Waals surface area contributed by atoms with Gasteiger partial charge in [-0.25, -0.2) is 0 Å². The molecule has 0 aromatic heterocycles. The Balaban J connectivity index is 3.51. The van der Waals surface area contributed by atoms with Gasteiger partial charge in [0.05, 0.1) is 0 Å². The van der Waals surface area contributed by atoms with Crippen LogP contribution in [0.1, 0.15) is 52.9 Å². The SMILES string of the molecule is CCC(C)CC(CC)CCCO. The first kappa shape index (κ1) is 12.0. The van der Waals surface area contributed by atoms with Gasteiger partial charge < -0.3 is 5.11 Å². The predicted octanol–water partition coefficient (Wildman–Crippen LogP) is 3.22. The van der Waals surface area contributed by atoms with Crippen LogP contribution in [0.3, 0.4) is 0 Å². The van der Waals surface area contributed by atoms with Crippen LogP contribution in [0.15, 0.2) is 0 Å². The van der Waals surface area contributed by atoms with Crippen molar-refractivity contribution in [1.29, 1.82) is 0 Å². The largest absolute Gasteiger partial charge is 0.396 e. The highest BCUT2D eigenvalue weighted by Gasteiger charge is 2.09. The van der Waals surface area contributed by atoms with Crippen LogP contribution >= 0.6 is 0 Å². The fraction of sp³-hybridized carbons (Fsp3) is 1.00. The number of aliphatic hydroxyl groups is 1. The van der Waals surface area contributed by atoms with E-state index in [4.69, 9.17) is 5.11 Å². The molecule has 0 aromatic rings. The van der Waals surface area contributed by atoms with Crippen LogP contribution in [-0.4, -0.2) is 11.7 Å². The molecule has 2 atom stereocenters. The van der Waals surface area contributed by atoms with E-state index in [1.807, 2.05) is 0 Å². The van der Waals surface area contributed by atoms with Crippen molar-refractivity contribution in [3.05, 3.63) is 0 Å². The number of rotatable bonds is 7. The molecule has 0 saturated carbocycles. The first-order chi connectivity index (χ1) is 5.74. The maximum absolute atomic E-state index is 8.70. The first-order valence-electron chi connectivity index (χ1n) is 5.35. The van der Waals surface area contributed by atoms with Crippen molar-refractivity contribution < 1.29 is 5.11 Å². The van der Waals surface area contributed by atoms with E-state index in [0.29, 0.717) is 6.61 Å². The maximum Gasteiger partial charge on any atom is 0.0431 e. The van der Waals surface area contributed by atoms with Gasteiger partial charge in [-0.1, -0.05) is 33.6 Å². The Morgan fingerprint density at radius 1 is 1.17 bits per heavy atom. The van der Waals surface area contributed by atoms with Crippen molar-refractivity contribution in [2.45, 2.75) is 52.9 Å². The van der Waals surface area contributed by atoms with Crippen LogP contribution < -0.4 is 0 Å². The zero-order valence-electron chi connectivity index (χ0n) is 8.84. The van der Waals surface area contributed by atoms with Gasteiger partial charge in [-0.05, 0) is 31.1 Å². The summed E-state index contributed by atoms with van der Waals surface area (Å²) in [6.07, 6.45) is 6.08. The van der Waals surface area contributed by atoms with Crippen molar-refractivity contribution in [3.63, 3.8) is 0 Å². The lowest BCUT2D eigenvalue weighted by Gasteiger charge is -2.17. The molecule has 0 bridgehead atoms. The lowest BCUT2D eigenvalue weighted by Crippen LogP contribution is -2.05. The van der Waals surface area contributed by atoms with E-state index in [1.165, 1.54) is 25.7 Å². The number of hydrogen-bond donors (Lipinski definition) is 1. The average Bonchev–Trinajstić information content (AvgIpc) is 2.11. The normalized spacial score (nSPS) is 16.0. The molecule has 0 saturated heterocycles. The van der Waals surface area contributed by atoms with E-state index in [1.54, 1.807) is 0 Å². The van der Waals surface area contributed by atoms with E-state index >= 15 is 0 Å². The summed E-state index contributed by atoms with van der Waals surface area (Å²) < 4.78 is 0. The average molecular weight is 172 g/mol. The molecule has 0 aliphatic carbocycles. The molecule has 2 unspecified atom stereocenters. The van der Waals surface area contributed by atoms with Gasteiger partial charge >= 0.3 is 0 Å². The lowest BCUT2D eigenvalue weighted by molar-refractivity contribution is 0.258. The minimum Gasteiger partial charge on any atom is -0.396 e. The van der Waals surface area contributed by atoms with Crippen molar-refractivity contribution in [1.82, 2.24) is 0 Å². The summed E-state index contributed by atoms with van der Waals surface area (Å²) in [5, 5.41) is 8.70. The molecular weight excluding hydrogens is 148 g/mol. The molecule has 0 spiro atoms. The highest BCUT2D eigenvalue weighted by molar-refractivity contribution is 4.61. The Labute approximate surface area is 77.2 Å². The van der Waals surface area contributed by atoms with Crippen LogP contribution in [-0.2, 0) is 0 Å². The quantitative estimate of drug-likeness (QED) is 0.625. The highest BCUT2D eigenvalue weighted by atomic mass is 16.2. The number of hydrogen-bond acceptors (Lipinski definition) is 1. The predicted molar refractivity (Wildman–Crippen MR) is 54.2 cm³/mol. The summed E-state index contributed by atoms with van der Waals surface area (Å²) in [5.41, 5.74) is 0. The molecule has 0 rings (SSSR count). The van der Waals surface area contributed by atoms with Crippen molar-refractivity contribution in [3.8, 4) is 0 Å². The molecule has 0 fully saturated rings. The summed E-state index contributed by atoms with van der Waals surface area (Å²) >= 11 is 0. The Morgan fingerprint density at radius 2 is 1.83 bits per heavy atom. The third kappa shape index (κ3) is 5.59. The molecular formula is C11H24O. The summed E-state index contributed by atoms with van der Waals surface area (Å²) in [5.74, 6) is 1.70. The molecule has 74 valence electrons. The van der Waals surface area contributed by atoms with E-state index in [9.17, 15) is 0 Å². The van der Waals surface area contributed by atoms with Gasteiger partial charge in [0.25, 0.3) is 0 Å². The van der Waals surface area contributed by atoms with Crippen LogP contribution in [0.4, 0.5) is 0 Å². The van der Waals surface area contributed by atoms with Crippen LogP contribution in [0.2, 0.25) is 0 Å². The summed E-state index contributed by atoms with van der Waals surface area (Å²) in [6.45, 7) is 7.19. The molecule has 1 N–H and O–H groups in total. The van der Waals surface area contributed by atoms with Gasteiger partial charge in [0, 0.05) is 6.61 Å². The van der Waals surface area contributed by atoms with E-state index < -0.39 is 0 Å². The highest BCUT2D eigenvalue weighted by Crippen LogP contribution is 2.21.